The Balaban J connectivity index is 1.58. The number of nitrogens with one attached hydrogen (secondary N) is 2. The third-order valence-electron chi connectivity index (χ3n) is 5.92. The summed E-state index contributed by atoms with van der Waals surface area (Å²) in [5.74, 6) is -0.760. The molecule has 1 aromatic heterocycles. The highest BCUT2D eigenvalue weighted by molar-refractivity contribution is 6.30. The summed E-state index contributed by atoms with van der Waals surface area (Å²) in [6.07, 6.45) is -5.38. The number of rotatable bonds is 8. The Morgan fingerprint density at radius 3 is 2.42 bits per heavy atom. The molecule has 3 aromatic rings. The van der Waals surface area contributed by atoms with E-state index in [1.165, 1.54) is 28.8 Å². The van der Waals surface area contributed by atoms with Gasteiger partial charge in [0.25, 0.3) is 5.56 Å². The number of carbonyl (C=O) groups excluding carboxylic acids is 1. The maximum atomic E-state index is 13.4. The fraction of sp³-hybridized carbons (Fsp3) is 0.360. The summed E-state index contributed by atoms with van der Waals surface area (Å²) in [5.41, 5.74) is 0.575. The van der Waals surface area contributed by atoms with Crippen molar-refractivity contribution in [2.24, 2.45) is 5.92 Å². The van der Waals surface area contributed by atoms with Crippen LogP contribution < -0.4 is 20.9 Å². The number of benzene rings is 2. The van der Waals surface area contributed by atoms with Crippen LogP contribution in [0.4, 0.5) is 30.6 Å². The van der Waals surface area contributed by atoms with Crippen molar-refractivity contribution in [1.29, 1.82) is 0 Å². The molecule has 1 aliphatic heterocycles. The largest absolute Gasteiger partial charge is 0.481 e. The minimum absolute atomic E-state index is 0.0242. The molecule has 0 saturated carbocycles. The van der Waals surface area contributed by atoms with Crippen LogP contribution in [0.15, 0.2) is 53.3 Å². The number of nitrogens with zero attached hydrogens (tertiary/aromatic N) is 3. The van der Waals surface area contributed by atoms with Crippen molar-refractivity contribution >= 4 is 35.0 Å². The van der Waals surface area contributed by atoms with Gasteiger partial charge in [-0.25, -0.2) is 0 Å². The zero-order valence-electron chi connectivity index (χ0n) is 20.3. The number of halogens is 4. The molecule has 13 heteroatoms. The first-order valence-electron chi connectivity index (χ1n) is 11.8. The van der Waals surface area contributed by atoms with E-state index in [1.54, 1.807) is 24.3 Å². The summed E-state index contributed by atoms with van der Waals surface area (Å²) in [6, 6.07) is 12.5. The van der Waals surface area contributed by atoms with Gasteiger partial charge >= 0.3 is 6.18 Å². The Labute approximate surface area is 220 Å². The second-order valence-corrected chi connectivity index (χ2v) is 9.15. The number of anilines is 3. The van der Waals surface area contributed by atoms with Gasteiger partial charge in [0.05, 0.1) is 6.54 Å². The fourth-order valence-corrected chi connectivity index (χ4v) is 3.83. The third-order valence-corrected chi connectivity index (χ3v) is 6.17. The second-order valence-electron chi connectivity index (χ2n) is 8.72. The van der Waals surface area contributed by atoms with Gasteiger partial charge in [0.1, 0.15) is 5.75 Å². The first-order valence-corrected chi connectivity index (χ1v) is 12.2. The van der Waals surface area contributed by atoms with Crippen LogP contribution in [0.25, 0.3) is 0 Å². The van der Waals surface area contributed by atoms with Gasteiger partial charge in [-0.1, -0.05) is 23.7 Å². The van der Waals surface area contributed by atoms with Crippen LogP contribution in [-0.4, -0.2) is 46.2 Å². The second kappa shape index (κ2) is 11.8. The maximum absolute atomic E-state index is 13.4. The molecule has 2 N–H and O–H groups in total. The minimum atomic E-state index is -4.49. The molecule has 0 radical (unpaired) electrons. The Bertz CT molecular complexity index is 1310. The summed E-state index contributed by atoms with van der Waals surface area (Å²) >= 11 is 5.98. The molecule has 202 valence electrons. The minimum Gasteiger partial charge on any atom is -0.481 e. The molecule has 1 atom stereocenters. The summed E-state index contributed by atoms with van der Waals surface area (Å²) < 4.78 is 49.8. The van der Waals surface area contributed by atoms with Crippen LogP contribution in [0.5, 0.6) is 5.75 Å². The van der Waals surface area contributed by atoms with Crippen molar-refractivity contribution in [3.05, 3.63) is 69.5 Å². The van der Waals surface area contributed by atoms with Crippen LogP contribution in [-0.2, 0) is 16.1 Å². The number of aromatic nitrogens is 3. The Kier molecular flexibility index (Phi) is 8.52. The van der Waals surface area contributed by atoms with E-state index in [9.17, 15) is 22.8 Å². The molecule has 1 aliphatic rings. The Morgan fingerprint density at radius 1 is 1.13 bits per heavy atom. The van der Waals surface area contributed by atoms with E-state index in [0.29, 0.717) is 36.8 Å². The lowest BCUT2D eigenvalue weighted by atomic mass is 9.99. The lowest BCUT2D eigenvalue weighted by Gasteiger charge is -2.21. The highest BCUT2D eigenvalue weighted by atomic mass is 35.5. The first kappa shape index (κ1) is 27.4. The molecule has 0 unspecified atom stereocenters. The highest BCUT2D eigenvalue weighted by Crippen LogP contribution is 2.26. The van der Waals surface area contributed by atoms with E-state index in [0.717, 1.165) is 12.5 Å². The van der Waals surface area contributed by atoms with Gasteiger partial charge in [-0.3, -0.25) is 14.2 Å². The molecule has 4 rings (SSSR count). The molecule has 0 bridgehead atoms. The smallest absolute Gasteiger partial charge is 0.425 e. The van der Waals surface area contributed by atoms with Gasteiger partial charge in [-0.15, -0.1) is 10.2 Å². The fourth-order valence-electron chi connectivity index (χ4n) is 3.70. The summed E-state index contributed by atoms with van der Waals surface area (Å²) in [4.78, 5) is 26.0. The number of hydrogen-bond acceptors (Lipinski definition) is 7. The normalized spacial score (nSPS) is 15.1. The number of amides is 1. The maximum Gasteiger partial charge on any atom is 0.425 e. The van der Waals surface area contributed by atoms with Crippen molar-refractivity contribution in [3.63, 3.8) is 0 Å². The van der Waals surface area contributed by atoms with E-state index in [2.05, 4.69) is 20.8 Å². The monoisotopic (exact) mass is 551 g/mol. The summed E-state index contributed by atoms with van der Waals surface area (Å²) in [5, 5.41) is 14.1. The predicted octanol–water partition coefficient (Wildman–Crippen LogP) is 4.78. The summed E-state index contributed by atoms with van der Waals surface area (Å²) in [7, 11) is 0. The van der Waals surface area contributed by atoms with E-state index in [4.69, 9.17) is 21.1 Å². The van der Waals surface area contributed by atoms with E-state index in [1.807, 2.05) is 0 Å². The van der Waals surface area contributed by atoms with E-state index in [-0.39, 0.29) is 35.9 Å². The first-order chi connectivity index (χ1) is 18.1. The van der Waals surface area contributed by atoms with Gasteiger partial charge in [0.15, 0.2) is 6.10 Å². The van der Waals surface area contributed by atoms with Gasteiger partial charge in [-0.05, 0) is 61.7 Å². The van der Waals surface area contributed by atoms with Crippen molar-refractivity contribution < 1.29 is 27.4 Å². The molecule has 0 spiro atoms. The van der Waals surface area contributed by atoms with Crippen molar-refractivity contribution in [1.82, 2.24) is 14.8 Å². The van der Waals surface area contributed by atoms with Crippen LogP contribution >= 0.6 is 11.6 Å². The molecule has 0 aliphatic carbocycles. The predicted molar refractivity (Wildman–Crippen MR) is 135 cm³/mol. The van der Waals surface area contributed by atoms with Gasteiger partial charge in [0, 0.05) is 29.8 Å². The zero-order valence-corrected chi connectivity index (χ0v) is 21.1. The van der Waals surface area contributed by atoms with Gasteiger partial charge in [0.2, 0.25) is 17.7 Å². The molecule has 2 aromatic carbocycles. The molecule has 9 nitrogen and oxygen atoms in total. The Morgan fingerprint density at radius 2 is 1.79 bits per heavy atom. The molecular weight excluding hydrogens is 527 g/mol. The number of carbonyl (C=O) groups is 1. The van der Waals surface area contributed by atoms with E-state index >= 15 is 0 Å². The van der Waals surface area contributed by atoms with Crippen LogP contribution in [0.3, 0.4) is 0 Å². The molecule has 1 saturated heterocycles. The third kappa shape index (κ3) is 7.01. The van der Waals surface area contributed by atoms with Crippen molar-refractivity contribution in [2.45, 2.75) is 38.6 Å². The zero-order chi connectivity index (χ0) is 27.3. The van der Waals surface area contributed by atoms with E-state index < -0.39 is 17.8 Å². The molecule has 1 fully saturated rings. The number of ether oxygens (including phenoxy) is 2. The van der Waals surface area contributed by atoms with Gasteiger partial charge < -0.3 is 20.1 Å². The summed E-state index contributed by atoms with van der Waals surface area (Å²) in [6.45, 7) is 1.93. The molecule has 38 heavy (non-hydrogen) atoms. The lowest BCUT2D eigenvalue weighted by Crippen LogP contribution is -2.34. The quantitative estimate of drug-likeness (QED) is 0.415. The Hall–Kier alpha value is -3.64. The average Bonchev–Trinajstić information content (AvgIpc) is 2.90. The SMILES string of the molecule is C[C@@H](Oc1ccc(Nc2nnc(NC(=O)C3CCOCC3)c(=O)n2Cc2ccc(Cl)cc2)cc1)C(F)(F)F. The van der Waals surface area contributed by atoms with Crippen LogP contribution in [0, 0.1) is 5.92 Å². The molecule has 1 amide bonds. The standard InChI is InChI=1S/C25H25ClF3N5O4/c1-15(25(27,28)29)38-20-8-6-19(7-9-20)30-24-33-32-21(31-22(35)17-10-12-37-13-11-17)23(36)34(24)14-16-2-4-18(26)5-3-16/h2-9,15,17H,10-14H2,1H3,(H,30,33)(H,31,32,35)/t15-/m1/s1. The van der Waals surface area contributed by atoms with Crippen LogP contribution in [0.2, 0.25) is 5.02 Å². The number of alkyl halides is 3. The van der Waals surface area contributed by atoms with Crippen molar-refractivity contribution in [3.8, 4) is 5.75 Å². The van der Waals surface area contributed by atoms with Gasteiger partial charge in [-0.2, -0.15) is 13.2 Å². The highest BCUT2D eigenvalue weighted by Gasteiger charge is 2.38. The molecule has 2 heterocycles. The molecular formula is C25H25ClF3N5O4. The lowest BCUT2D eigenvalue weighted by molar-refractivity contribution is -0.189. The van der Waals surface area contributed by atoms with Crippen molar-refractivity contribution in [2.75, 3.05) is 23.8 Å². The topological polar surface area (TPSA) is 107 Å². The number of hydrogen-bond donors (Lipinski definition) is 2. The average molecular weight is 552 g/mol. The van der Waals surface area contributed by atoms with Crippen LogP contribution in [0.1, 0.15) is 25.3 Å².